The minimum absolute atomic E-state index is 0.406. The highest BCUT2D eigenvalue weighted by Crippen LogP contribution is 2.31. The quantitative estimate of drug-likeness (QED) is 0.332. The standard InChI is InChI=1S/C29H23N9/c30-16-20-15-26(37-34-18-20)33-17-19-8-10-22(11-9-19)38-28(23-7-4-14-32-27(23)31)36-25-13-12-24(35-29(25)38)21-5-2-1-3-6-21/h2,4-15,18H,1,3,17H2,(H2,31,32)(H,33,37). The summed E-state index contributed by atoms with van der Waals surface area (Å²) in [6.45, 7) is 0.528. The van der Waals surface area contributed by atoms with Gasteiger partial charge in [-0.25, -0.2) is 15.0 Å². The number of nitrogens with one attached hydrogen (secondary N) is 1. The molecule has 0 amide bonds. The molecule has 0 atom stereocenters. The van der Waals surface area contributed by atoms with Crippen molar-refractivity contribution in [3.63, 3.8) is 0 Å². The second-order valence-corrected chi connectivity index (χ2v) is 8.85. The van der Waals surface area contributed by atoms with Gasteiger partial charge < -0.3 is 11.1 Å². The van der Waals surface area contributed by atoms with Crippen LogP contribution in [0.4, 0.5) is 11.6 Å². The van der Waals surface area contributed by atoms with Crippen LogP contribution >= 0.6 is 0 Å². The molecule has 0 saturated carbocycles. The van der Waals surface area contributed by atoms with Crippen LogP contribution in [0, 0.1) is 11.3 Å². The summed E-state index contributed by atoms with van der Waals surface area (Å²) < 4.78 is 2.03. The summed E-state index contributed by atoms with van der Waals surface area (Å²) in [5.74, 6) is 1.63. The van der Waals surface area contributed by atoms with Crippen LogP contribution in [-0.2, 0) is 6.54 Å². The molecule has 6 rings (SSSR count). The Bertz CT molecular complexity index is 1740. The molecular formula is C29H23N9. The summed E-state index contributed by atoms with van der Waals surface area (Å²) in [5, 5.41) is 20.2. The number of hydrogen-bond acceptors (Lipinski definition) is 8. The molecule has 38 heavy (non-hydrogen) atoms. The van der Waals surface area contributed by atoms with Crippen molar-refractivity contribution < 1.29 is 0 Å². The average molecular weight is 498 g/mol. The Kier molecular flexibility index (Phi) is 6.04. The largest absolute Gasteiger partial charge is 0.383 e. The van der Waals surface area contributed by atoms with Gasteiger partial charge in [0.15, 0.2) is 11.5 Å². The van der Waals surface area contributed by atoms with E-state index in [4.69, 9.17) is 21.0 Å². The first-order chi connectivity index (χ1) is 18.7. The van der Waals surface area contributed by atoms with Crippen molar-refractivity contribution in [2.75, 3.05) is 11.1 Å². The number of hydrogen-bond donors (Lipinski definition) is 2. The van der Waals surface area contributed by atoms with Gasteiger partial charge in [-0.3, -0.25) is 4.57 Å². The fourth-order valence-corrected chi connectivity index (χ4v) is 4.42. The topological polar surface area (TPSA) is 131 Å². The third kappa shape index (κ3) is 4.47. The average Bonchev–Trinajstić information content (AvgIpc) is 3.35. The number of nitriles is 1. The van der Waals surface area contributed by atoms with E-state index < -0.39 is 0 Å². The van der Waals surface area contributed by atoms with Crippen molar-refractivity contribution in [2.24, 2.45) is 0 Å². The molecule has 3 N–H and O–H groups in total. The van der Waals surface area contributed by atoms with Gasteiger partial charge in [0.1, 0.15) is 23.2 Å². The van der Waals surface area contributed by atoms with Gasteiger partial charge in [-0.2, -0.15) is 10.4 Å². The van der Waals surface area contributed by atoms with Crippen LogP contribution in [0.2, 0.25) is 0 Å². The predicted molar refractivity (Wildman–Crippen MR) is 147 cm³/mol. The normalized spacial score (nSPS) is 12.8. The SMILES string of the molecule is N#Cc1cnnc(NCc2ccc(-n3c(-c4cccnc4N)nc4ccc(C5=CCCC=C5)nc43)cc2)c1. The van der Waals surface area contributed by atoms with Crippen LogP contribution in [0.5, 0.6) is 0 Å². The summed E-state index contributed by atoms with van der Waals surface area (Å²) in [5.41, 5.74) is 12.9. The number of rotatable bonds is 6. The monoisotopic (exact) mass is 497 g/mol. The van der Waals surface area contributed by atoms with E-state index in [1.54, 1.807) is 12.3 Å². The molecule has 0 fully saturated rings. The second kappa shape index (κ2) is 9.95. The van der Waals surface area contributed by atoms with E-state index in [0.717, 1.165) is 52.1 Å². The minimum atomic E-state index is 0.406. The zero-order valence-electron chi connectivity index (χ0n) is 20.4. The first kappa shape index (κ1) is 23.1. The third-order valence-electron chi connectivity index (χ3n) is 6.33. The van der Waals surface area contributed by atoms with Crippen LogP contribution in [0.25, 0.3) is 33.8 Å². The van der Waals surface area contributed by atoms with Gasteiger partial charge in [-0.05, 0) is 60.4 Å². The summed E-state index contributed by atoms with van der Waals surface area (Å²) >= 11 is 0. The van der Waals surface area contributed by atoms with Gasteiger partial charge in [0.25, 0.3) is 0 Å². The number of anilines is 2. The molecule has 1 aromatic carbocycles. The van der Waals surface area contributed by atoms with E-state index in [0.29, 0.717) is 29.6 Å². The van der Waals surface area contributed by atoms with Crippen LogP contribution in [0.1, 0.15) is 29.7 Å². The first-order valence-corrected chi connectivity index (χ1v) is 12.2. The molecule has 4 aromatic heterocycles. The van der Waals surface area contributed by atoms with Crippen molar-refractivity contribution >= 4 is 28.4 Å². The first-order valence-electron chi connectivity index (χ1n) is 12.2. The lowest BCUT2D eigenvalue weighted by Crippen LogP contribution is -2.04. The maximum absolute atomic E-state index is 9.08. The molecule has 5 aromatic rings. The van der Waals surface area contributed by atoms with E-state index in [1.165, 1.54) is 6.20 Å². The van der Waals surface area contributed by atoms with E-state index in [2.05, 4.69) is 44.8 Å². The molecule has 0 unspecified atom stereocenters. The third-order valence-corrected chi connectivity index (χ3v) is 6.33. The number of benzene rings is 1. The maximum atomic E-state index is 9.08. The van der Waals surface area contributed by atoms with Gasteiger partial charge in [-0.15, -0.1) is 5.10 Å². The Hall–Kier alpha value is -5.36. The molecule has 9 heteroatoms. The van der Waals surface area contributed by atoms with Crippen LogP contribution in [-0.4, -0.2) is 29.7 Å². The van der Waals surface area contributed by atoms with Gasteiger partial charge in [0, 0.05) is 24.5 Å². The smallest absolute Gasteiger partial charge is 0.165 e. The number of aromatic nitrogens is 6. The van der Waals surface area contributed by atoms with Crippen molar-refractivity contribution in [1.82, 2.24) is 29.7 Å². The maximum Gasteiger partial charge on any atom is 0.165 e. The highest BCUT2D eigenvalue weighted by atomic mass is 15.2. The van der Waals surface area contributed by atoms with E-state index in [9.17, 15) is 0 Å². The molecule has 0 radical (unpaired) electrons. The lowest BCUT2D eigenvalue weighted by Gasteiger charge is -2.12. The summed E-state index contributed by atoms with van der Waals surface area (Å²) in [7, 11) is 0. The summed E-state index contributed by atoms with van der Waals surface area (Å²) in [6.07, 6.45) is 11.7. The molecule has 184 valence electrons. The van der Waals surface area contributed by atoms with E-state index in [1.807, 2.05) is 53.1 Å². The highest BCUT2D eigenvalue weighted by Gasteiger charge is 2.19. The number of imidazole rings is 1. The van der Waals surface area contributed by atoms with Crippen molar-refractivity contribution in [1.29, 1.82) is 5.26 Å². The predicted octanol–water partition coefficient (Wildman–Crippen LogP) is 5.07. The van der Waals surface area contributed by atoms with Crippen molar-refractivity contribution in [3.8, 4) is 23.1 Å². The van der Waals surface area contributed by atoms with Gasteiger partial charge in [0.2, 0.25) is 0 Å². The lowest BCUT2D eigenvalue weighted by atomic mass is 10.0. The summed E-state index contributed by atoms with van der Waals surface area (Å²) in [6, 6.07) is 19.6. The number of nitrogens with zero attached hydrogens (tertiary/aromatic N) is 7. The zero-order chi connectivity index (χ0) is 25.9. The Balaban J connectivity index is 1.40. The molecule has 1 aliphatic rings. The Morgan fingerprint density at radius 2 is 1.95 bits per heavy atom. The number of allylic oxidation sites excluding steroid dienone is 4. The van der Waals surface area contributed by atoms with Gasteiger partial charge >= 0.3 is 0 Å². The number of fused-ring (bicyclic) bond motifs is 1. The molecule has 1 aliphatic carbocycles. The molecule has 4 heterocycles. The molecular weight excluding hydrogens is 474 g/mol. The fourth-order valence-electron chi connectivity index (χ4n) is 4.42. The van der Waals surface area contributed by atoms with Crippen LogP contribution in [0.15, 0.2) is 85.2 Å². The van der Waals surface area contributed by atoms with Crippen LogP contribution < -0.4 is 11.1 Å². The van der Waals surface area contributed by atoms with Gasteiger partial charge in [-0.1, -0.05) is 30.4 Å². The molecule has 9 nitrogen and oxygen atoms in total. The molecule has 0 aliphatic heterocycles. The fraction of sp³-hybridized carbons (Fsp3) is 0.103. The Labute approximate surface area is 219 Å². The van der Waals surface area contributed by atoms with E-state index >= 15 is 0 Å². The van der Waals surface area contributed by atoms with Crippen molar-refractivity contribution in [2.45, 2.75) is 19.4 Å². The number of nitrogens with two attached hydrogens (primary N) is 1. The van der Waals surface area contributed by atoms with Gasteiger partial charge in [0.05, 0.1) is 23.0 Å². The number of pyridine rings is 2. The molecule has 0 saturated heterocycles. The summed E-state index contributed by atoms with van der Waals surface area (Å²) in [4.78, 5) is 14.2. The highest BCUT2D eigenvalue weighted by molar-refractivity contribution is 5.85. The minimum Gasteiger partial charge on any atom is -0.383 e. The number of nitrogen functional groups attached to an aromatic ring is 1. The molecule has 0 spiro atoms. The molecule has 0 bridgehead atoms. The Morgan fingerprint density at radius 3 is 2.74 bits per heavy atom. The van der Waals surface area contributed by atoms with E-state index in [-0.39, 0.29) is 0 Å². The second-order valence-electron chi connectivity index (χ2n) is 8.85. The van der Waals surface area contributed by atoms with Crippen LogP contribution in [0.3, 0.4) is 0 Å². The van der Waals surface area contributed by atoms with Crippen molar-refractivity contribution in [3.05, 3.63) is 102 Å². The lowest BCUT2D eigenvalue weighted by molar-refractivity contribution is 0.993. The zero-order valence-corrected chi connectivity index (χ0v) is 20.4. The Morgan fingerprint density at radius 1 is 1.05 bits per heavy atom.